The van der Waals surface area contributed by atoms with Gasteiger partial charge >= 0.3 is 6.36 Å². The van der Waals surface area contributed by atoms with Gasteiger partial charge in [-0.3, -0.25) is 4.99 Å². The van der Waals surface area contributed by atoms with E-state index in [0.717, 1.165) is 16.5 Å². The molecule has 0 aliphatic heterocycles. The molecule has 1 heterocycles. The van der Waals surface area contributed by atoms with Crippen LogP contribution in [0.3, 0.4) is 0 Å². The van der Waals surface area contributed by atoms with Crippen molar-refractivity contribution in [2.24, 2.45) is 10.7 Å². The number of nitrogens with two attached hydrogens (primary N) is 1. The van der Waals surface area contributed by atoms with E-state index in [9.17, 15) is 13.2 Å². The molecule has 2 aromatic carbocycles. The number of aromatic nitrogens is 1. The van der Waals surface area contributed by atoms with E-state index in [0.29, 0.717) is 18.7 Å². The van der Waals surface area contributed by atoms with Crippen LogP contribution in [0, 0.1) is 6.92 Å². The summed E-state index contributed by atoms with van der Waals surface area (Å²) in [6.07, 6.45) is -2.04. The number of aliphatic imine (C=N–C) groups is 1. The van der Waals surface area contributed by atoms with Gasteiger partial charge in [0.2, 0.25) is 0 Å². The fourth-order valence-electron chi connectivity index (χ4n) is 2.73. The van der Waals surface area contributed by atoms with Crippen molar-refractivity contribution in [2.45, 2.75) is 19.7 Å². The summed E-state index contributed by atoms with van der Waals surface area (Å²) in [4.78, 5) is 7.50. The minimum atomic E-state index is -4.71. The number of aromatic amines is 1. The number of guanidine groups is 1. The van der Waals surface area contributed by atoms with Crippen molar-refractivity contribution in [3.8, 4) is 5.75 Å². The molecule has 4 N–H and O–H groups in total. The van der Waals surface area contributed by atoms with Gasteiger partial charge in [0.05, 0.1) is 0 Å². The van der Waals surface area contributed by atoms with Crippen molar-refractivity contribution in [3.05, 3.63) is 59.8 Å². The Balaban J connectivity index is 0.00000280. The molecule has 1 aromatic heterocycles. The van der Waals surface area contributed by atoms with Crippen LogP contribution < -0.4 is 15.8 Å². The van der Waals surface area contributed by atoms with Gasteiger partial charge in [-0.2, -0.15) is 0 Å². The Morgan fingerprint density at radius 2 is 1.89 bits per heavy atom. The Morgan fingerprint density at radius 1 is 1.18 bits per heavy atom. The third-order valence-electron chi connectivity index (χ3n) is 3.95. The first kappa shape index (κ1) is 21.9. The van der Waals surface area contributed by atoms with Crippen LogP contribution >= 0.6 is 24.0 Å². The van der Waals surface area contributed by atoms with Gasteiger partial charge in [0.25, 0.3) is 0 Å². The summed E-state index contributed by atoms with van der Waals surface area (Å²) < 4.78 is 40.3. The van der Waals surface area contributed by atoms with Crippen molar-refractivity contribution < 1.29 is 17.9 Å². The van der Waals surface area contributed by atoms with Gasteiger partial charge in [-0.25, -0.2) is 0 Å². The van der Waals surface area contributed by atoms with Crippen molar-refractivity contribution in [3.63, 3.8) is 0 Å². The zero-order chi connectivity index (χ0) is 19.4. The van der Waals surface area contributed by atoms with Crippen LogP contribution in [-0.4, -0.2) is 23.9 Å². The Bertz CT molecular complexity index is 952. The summed E-state index contributed by atoms with van der Waals surface area (Å²) in [5.41, 5.74) is 9.78. The molecule has 0 aliphatic rings. The van der Waals surface area contributed by atoms with Crippen LogP contribution in [0.4, 0.5) is 18.9 Å². The monoisotopic (exact) mass is 504 g/mol. The molecule has 0 unspecified atom stereocenters. The molecule has 0 saturated heterocycles. The molecular weight excluding hydrogens is 484 g/mol. The number of hydrogen-bond donors (Lipinski definition) is 3. The van der Waals surface area contributed by atoms with E-state index >= 15 is 0 Å². The molecule has 0 atom stereocenters. The third-order valence-corrected chi connectivity index (χ3v) is 3.95. The van der Waals surface area contributed by atoms with Crippen LogP contribution in [0.25, 0.3) is 10.9 Å². The number of fused-ring (bicyclic) bond motifs is 1. The highest BCUT2D eigenvalue weighted by molar-refractivity contribution is 14.0. The first-order valence-corrected chi connectivity index (χ1v) is 8.29. The van der Waals surface area contributed by atoms with Crippen LogP contribution in [0.15, 0.2) is 53.7 Å². The van der Waals surface area contributed by atoms with Gasteiger partial charge in [0, 0.05) is 29.3 Å². The fourth-order valence-corrected chi connectivity index (χ4v) is 2.73. The molecule has 3 rings (SSSR count). The van der Waals surface area contributed by atoms with Crippen LogP contribution in [-0.2, 0) is 6.42 Å². The predicted molar refractivity (Wildman–Crippen MR) is 115 cm³/mol. The van der Waals surface area contributed by atoms with Gasteiger partial charge in [0.15, 0.2) is 5.96 Å². The number of nitrogens with one attached hydrogen (secondary N) is 2. The van der Waals surface area contributed by atoms with Crippen molar-refractivity contribution in [1.82, 2.24) is 4.98 Å². The minimum absolute atomic E-state index is 0. The minimum Gasteiger partial charge on any atom is -0.406 e. The molecule has 0 aliphatic carbocycles. The summed E-state index contributed by atoms with van der Waals surface area (Å²) >= 11 is 0. The van der Waals surface area contributed by atoms with E-state index in [1.807, 2.05) is 13.1 Å². The molecule has 0 saturated carbocycles. The molecule has 28 heavy (non-hydrogen) atoms. The molecule has 0 fully saturated rings. The summed E-state index contributed by atoms with van der Waals surface area (Å²) in [6, 6.07) is 11.5. The third kappa shape index (κ3) is 6.04. The fraction of sp³-hybridized carbons (Fsp3) is 0.211. The quantitative estimate of drug-likeness (QED) is 0.261. The number of nitrogens with zero attached hydrogens (tertiary/aromatic N) is 1. The molecule has 9 heteroatoms. The first-order valence-electron chi connectivity index (χ1n) is 8.29. The molecule has 3 aromatic rings. The Labute approximate surface area is 177 Å². The van der Waals surface area contributed by atoms with Crippen LogP contribution in [0.5, 0.6) is 5.75 Å². The van der Waals surface area contributed by atoms with Crippen molar-refractivity contribution in [2.75, 3.05) is 11.9 Å². The zero-order valence-corrected chi connectivity index (χ0v) is 17.3. The Hall–Kier alpha value is -2.43. The number of aryl methyl sites for hydroxylation is 1. The predicted octanol–water partition coefficient (Wildman–Crippen LogP) is 4.96. The van der Waals surface area contributed by atoms with E-state index in [1.165, 1.54) is 29.8 Å². The molecule has 0 amide bonds. The average Bonchev–Trinajstić information content (AvgIpc) is 2.97. The number of ether oxygens (including phenoxy) is 1. The standard InChI is InChI=1S/C19H19F3N4O.HI/c1-12-2-7-16-13(11-25-17(16)10-12)8-9-24-18(23)26-14-3-5-15(6-4-14)27-19(20,21)22;/h2-7,10-11,25H,8-9H2,1H3,(H3,23,24,26);1H. The van der Waals surface area contributed by atoms with Gasteiger partial charge in [-0.1, -0.05) is 12.1 Å². The Kier molecular flexibility index (Phi) is 7.17. The second-order valence-electron chi connectivity index (χ2n) is 6.08. The topological polar surface area (TPSA) is 75.4 Å². The highest BCUT2D eigenvalue weighted by atomic mass is 127. The average molecular weight is 504 g/mol. The van der Waals surface area contributed by atoms with Gasteiger partial charge in [-0.15, -0.1) is 37.1 Å². The van der Waals surface area contributed by atoms with E-state index in [1.54, 1.807) is 0 Å². The second kappa shape index (κ2) is 9.18. The maximum Gasteiger partial charge on any atom is 0.573 e. The largest absolute Gasteiger partial charge is 0.573 e. The lowest BCUT2D eigenvalue weighted by Crippen LogP contribution is -2.23. The van der Waals surface area contributed by atoms with Crippen molar-refractivity contribution >= 4 is 46.5 Å². The first-order chi connectivity index (χ1) is 12.8. The summed E-state index contributed by atoms with van der Waals surface area (Å²) in [6.45, 7) is 2.52. The smallest absolute Gasteiger partial charge is 0.406 e. The molecule has 5 nitrogen and oxygen atoms in total. The number of alkyl halides is 3. The number of hydrogen-bond acceptors (Lipinski definition) is 2. The van der Waals surface area contributed by atoms with Crippen LogP contribution in [0.2, 0.25) is 0 Å². The SMILES string of the molecule is Cc1ccc2c(CCN=C(N)Nc3ccc(OC(F)(F)F)cc3)c[nH]c2c1.I. The Morgan fingerprint density at radius 3 is 2.57 bits per heavy atom. The summed E-state index contributed by atoms with van der Waals surface area (Å²) in [5, 5.41) is 3.99. The zero-order valence-electron chi connectivity index (χ0n) is 15.0. The number of H-pyrrole nitrogens is 1. The second-order valence-corrected chi connectivity index (χ2v) is 6.08. The molecule has 0 spiro atoms. The summed E-state index contributed by atoms with van der Waals surface area (Å²) in [7, 11) is 0. The number of rotatable bonds is 5. The number of halogens is 4. The molecular formula is C19H20F3IN4O. The lowest BCUT2D eigenvalue weighted by Gasteiger charge is -2.10. The van der Waals surface area contributed by atoms with Crippen molar-refractivity contribution in [1.29, 1.82) is 0 Å². The lowest BCUT2D eigenvalue weighted by molar-refractivity contribution is -0.274. The van der Waals surface area contributed by atoms with Gasteiger partial charge in [-0.05, 0) is 54.8 Å². The highest BCUT2D eigenvalue weighted by Crippen LogP contribution is 2.24. The lowest BCUT2D eigenvalue weighted by atomic mass is 10.1. The normalized spacial score (nSPS) is 11.9. The number of benzene rings is 2. The van der Waals surface area contributed by atoms with Crippen LogP contribution in [0.1, 0.15) is 11.1 Å². The molecule has 0 bridgehead atoms. The van der Waals surface area contributed by atoms with Gasteiger partial charge in [0.1, 0.15) is 5.75 Å². The van der Waals surface area contributed by atoms with E-state index in [2.05, 4.69) is 38.2 Å². The molecule has 150 valence electrons. The van der Waals surface area contributed by atoms with E-state index in [-0.39, 0.29) is 35.7 Å². The van der Waals surface area contributed by atoms with E-state index in [4.69, 9.17) is 5.73 Å². The molecule has 0 radical (unpaired) electrons. The van der Waals surface area contributed by atoms with E-state index < -0.39 is 6.36 Å². The van der Waals surface area contributed by atoms with Gasteiger partial charge < -0.3 is 20.8 Å². The summed E-state index contributed by atoms with van der Waals surface area (Å²) in [5.74, 6) is -0.103. The highest BCUT2D eigenvalue weighted by Gasteiger charge is 2.30. The maximum atomic E-state index is 12.1. The number of anilines is 1. The maximum absolute atomic E-state index is 12.1.